The largest absolute Gasteiger partial charge is 0.492 e. The van der Waals surface area contributed by atoms with Crippen LogP contribution in [0.15, 0.2) is 18.2 Å². The van der Waals surface area contributed by atoms with Gasteiger partial charge in [-0.05, 0) is 34.1 Å². The van der Waals surface area contributed by atoms with Crippen molar-refractivity contribution in [3.8, 4) is 5.75 Å². The summed E-state index contributed by atoms with van der Waals surface area (Å²) < 4.78 is 5.64. The number of hydrogen-bond acceptors (Lipinski definition) is 1. The average Bonchev–Trinajstić information content (AvgIpc) is 2.23. The normalized spacial score (nSPS) is 12.6. The van der Waals surface area contributed by atoms with Gasteiger partial charge in [0.05, 0.1) is 0 Å². The van der Waals surface area contributed by atoms with Gasteiger partial charge in [-0.1, -0.05) is 47.6 Å². The van der Waals surface area contributed by atoms with Gasteiger partial charge in [-0.15, -0.1) is 0 Å². The monoisotopic (exact) mass is 248 g/mol. The maximum Gasteiger partial charge on any atom is 0.119 e. The Balaban J connectivity index is 3.21. The first-order chi connectivity index (χ1) is 8.14. The lowest BCUT2D eigenvalue weighted by Gasteiger charge is -2.26. The van der Waals surface area contributed by atoms with Gasteiger partial charge in [0, 0.05) is 6.54 Å². The molecule has 0 unspecified atom stereocenters. The Kier molecular flexibility index (Phi) is 4.44. The highest BCUT2D eigenvalue weighted by molar-refractivity contribution is 5.40. The summed E-state index contributed by atoms with van der Waals surface area (Å²) in [5, 5.41) is 0. The van der Waals surface area contributed by atoms with Gasteiger partial charge in [0.2, 0.25) is 0 Å². The molecule has 0 aliphatic rings. The van der Waals surface area contributed by atoms with Crippen molar-refractivity contribution in [2.75, 3.05) is 13.2 Å². The van der Waals surface area contributed by atoms with Crippen LogP contribution in [0.3, 0.4) is 0 Å². The van der Waals surface area contributed by atoms with Gasteiger partial charge in [0.15, 0.2) is 0 Å². The molecule has 0 spiro atoms. The second-order valence-corrected chi connectivity index (χ2v) is 6.84. The molecule has 0 saturated carbocycles. The zero-order valence-corrected chi connectivity index (χ0v) is 12.6. The zero-order chi connectivity index (χ0) is 14.0. The molecule has 101 valence electrons. The number of hydrogen-bond donors (Lipinski definition) is 0. The summed E-state index contributed by atoms with van der Waals surface area (Å²) in [7, 11) is 0. The molecular formula is C16H26NO. The van der Waals surface area contributed by atoms with E-state index in [0.29, 0.717) is 13.2 Å². The average molecular weight is 248 g/mol. The van der Waals surface area contributed by atoms with Crippen LogP contribution in [0.2, 0.25) is 0 Å². The van der Waals surface area contributed by atoms with Crippen molar-refractivity contribution in [3.05, 3.63) is 29.3 Å². The molecule has 1 N–H and O–H groups in total. The summed E-state index contributed by atoms with van der Waals surface area (Å²) in [5.41, 5.74) is 9.98. The predicted molar refractivity (Wildman–Crippen MR) is 77.3 cm³/mol. The number of nitrogens with one attached hydrogen (secondary N) is 1. The molecule has 0 aliphatic carbocycles. The molecule has 0 aliphatic heterocycles. The summed E-state index contributed by atoms with van der Waals surface area (Å²) in [6.45, 7) is 14.0. The molecule has 0 saturated heterocycles. The standard InChI is InChI=1S/C16H26NO/c1-15(2,3)12-9-13(16(4,5)6)11-14(10-12)18-8-7-17/h9-11,17H,7-8H2,1-6H3. The summed E-state index contributed by atoms with van der Waals surface area (Å²) in [6.07, 6.45) is 0. The molecule has 1 aromatic carbocycles. The van der Waals surface area contributed by atoms with E-state index in [4.69, 9.17) is 10.5 Å². The summed E-state index contributed by atoms with van der Waals surface area (Å²) in [6, 6.07) is 6.48. The molecule has 0 atom stereocenters. The third-order valence-electron chi connectivity index (χ3n) is 3.01. The van der Waals surface area contributed by atoms with Crippen molar-refractivity contribution >= 4 is 0 Å². The number of benzene rings is 1. The van der Waals surface area contributed by atoms with E-state index < -0.39 is 0 Å². The predicted octanol–water partition coefficient (Wildman–Crippen LogP) is 3.94. The first kappa shape index (κ1) is 15.0. The first-order valence-corrected chi connectivity index (χ1v) is 6.58. The van der Waals surface area contributed by atoms with E-state index in [-0.39, 0.29) is 10.8 Å². The molecular weight excluding hydrogens is 222 g/mol. The van der Waals surface area contributed by atoms with Gasteiger partial charge in [-0.3, -0.25) is 5.73 Å². The van der Waals surface area contributed by atoms with Crippen LogP contribution in [0.5, 0.6) is 5.75 Å². The lowest BCUT2D eigenvalue weighted by molar-refractivity contribution is 0.324. The second kappa shape index (κ2) is 5.31. The zero-order valence-electron chi connectivity index (χ0n) is 12.6. The molecule has 0 fully saturated rings. The highest BCUT2D eigenvalue weighted by atomic mass is 16.5. The van der Waals surface area contributed by atoms with Gasteiger partial charge >= 0.3 is 0 Å². The Morgan fingerprint density at radius 3 is 1.67 bits per heavy atom. The van der Waals surface area contributed by atoms with Crippen LogP contribution < -0.4 is 10.5 Å². The lowest BCUT2D eigenvalue weighted by Crippen LogP contribution is -2.17. The van der Waals surface area contributed by atoms with Gasteiger partial charge in [-0.25, -0.2) is 0 Å². The van der Waals surface area contributed by atoms with Gasteiger partial charge in [-0.2, -0.15) is 0 Å². The van der Waals surface area contributed by atoms with Crippen LogP contribution in [0.25, 0.3) is 0 Å². The molecule has 0 aromatic heterocycles. The topological polar surface area (TPSA) is 33.0 Å². The van der Waals surface area contributed by atoms with Crippen LogP contribution in [0.1, 0.15) is 52.7 Å². The van der Waals surface area contributed by atoms with Crippen LogP contribution in [-0.4, -0.2) is 13.2 Å². The molecule has 1 rings (SSSR count). The third kappa shape index (κ3) is 4.02. The summed E-state index contributed by atoms with van der Waals surface area (Å²) in [4.78, 5) is 0. The highest BCUT2D eigenvalue weighted by Crippen LogP contribution is 2.32. The van der Waals surface area contributed by atoms with E-state index in [9.17, 15) is 0 Å². The highest BCUT2D eigenvalue weighted by Gasteiger charge is 2.20. The van der Waals surface area contributed by atoms with Crippen LogP contribution >= 0.6 is 0 Å². The van der Waals surface area contributed by atoms with Gasteiger partial charge < -0.3 is 4.74 Å². The van der Waals surface area contributed by atoms with Crippen molar-refractivity contribution in [1.29, 1.82) is 0 Å². The fourth-order valence-corrected chi connectivity index (χ4v) is 1.72. The number of rotatable bonds is 3. The SMILES string of the molecule is CC(C)(C)c1cc(OCC[NH])cc(C(C)(C)C)c1. The van der Waals surface area contributed by atoms with E-state index in [1.807, 2.05) is 0 Å². The Morgan fingerprint density at radius 1 is 0.889 bits per heavy atom. The van der Waals surface area contributed by atoms with Crippen LogP contribution in [-0.2, 0) is 10.8 Å². The quantitative estimate of drug-likeness (QED) is 0.797. The Bertz CT molecular complexity index is 364. The fourth-order valence-electron chi connectivity index (χ4n) is 1.72. The Labute approximate surface area is 112 Å². The van der Waals surface area contributed by atoms with E-state index >= 15 is 0 Å². The van der Waals surface area contributed by atoms with Crippen molar-refractivity contribution in [2.45, 2.75) is 52.4 Å². The Morgan fingerprint density at radius 2 is 1.33 bits per heavy atom. The Hall–Kier alpha value is -1.02. The molecule has 1 radical (unpaired) electrons. The molecule has 1 aromatic rings. The minimum absolute atomic E-state index is 0.111. The van der Waals surface area contributed by atoms with Gasteiger partial charge in [0.25, 0.3) is 0 Å². The number of ether oxygens (including phenoxy) is 1. The molecule has 18 heavy (non-hydrogen) atoms. The third-order valence-corrected chi connectivity index (χ3v) is 3.01. The van der Waals surface area contributed by atoms with E-state index in [0.717, 1.165) is 5.75 Å². The van der Waals surface area contributed by atoms with Crippen molar-refractivity contribution in [1.82, 2.24) is 5.73 Å². The second-order valence-electron chi connectivity index (χ2n) is 6.84. The summed E-state index contributed by atoms with van der Waals surface area (Å²) >= 11 is 0. The first-order valence-electron chi connectivity index (χ1n) is 6.58. The van der Waals surface area contributed by atoms with Crippen molar-refractivity contribution in [2.24, 2.45) is 0 Å². The minimum atomic E-state index is 0.111. The van der Waals surface area contributed by atoms with Crippen molar-refractivity contribution in [3.63, 3.8) is 0 Å². The van der Waals surface area contributed by atoms with E-state index in [1.54, 1.807) is 0 Å². The van der Waals surface area contributed by atoms with Gasteiger partial charge in [0.1, 0.15) is 12.4 Å². The van der Waals surface area contributed by atoms with Crippen molar-refractivity contribution < 1.29 is 4.74 Å². The maximum absolute atomic E-state index is 7.18. The minimum Gasteiger partial charge on any atom is -0.492 e. The van der Waals surface area contributed by atoms with E-state index in [1.165, 1.54) is 11.1 Å². The fraction of sp³-hybridized carbons (Fsp3) is 0.625. The molecule has 2 heteroatoms. The molecule has 2 nitrogen and oxygen atoms in total. The molecule has 0 amide bonds. The maximum atomic E-state index is 7.18. The molecule has 0 bridgehead atoms. The van der Waals surface area contributed by atoms with Crippen LogP contribution in [0.4, 0.5) is 0 Å². The summed E-state index contributed by atoms with van der Waals surface area (Å²) in [5.74, 6) is 0.889. The molecule has 0 heterocycles. The van der Waals surface area contributed by atoms with Crippen LogP contribution in [0, 0.1) is 0 Å². The smallest absolute Gasteiger partial charge is 0.119 e. The van der Waals surface area contributed by atoms with E-state index in [2.05, 4.69) is 59.7 Å². The lowest BCUT2D eigenvalue weighted by atomic mass is 9.80.